The summed E-state index contributed by atoms with van der Waals surface area (Å²) in [6.07, 6.45) is 1.90. The zero-order valence-corrected chi connectivity index (χ0v) is 11.8. The Morgan fingerprint density at radius 1 is 0.619 bits per heavy atom. The molecule has 0 radical (unpaired) electrons. The van der Waals surface area contributed by atoms with Crippen molar-refractivity contribution in [3.8, 4) is 0 Å². The Balaban J connectivity index is 2.20. The maximum atomic E-state index is 3.93. The third-order valence-electron chi connectivity index (χ3n) is 3.43. The fourth-order valence-electron chi connectivity index (χ4n) is 2.45. The lowest BCUT2D eigenvalue weighted by Gasteiger charge is -2.26. The van der Waals surface area contributed by atoms with E-state index in [4.69, 9.17) is 0 Å². The SMILES string of the molecule is C=Cc1ccccc1N(c1ccccc1)c1ccccc1. The largest absolute Gasteiger partial charge is 0.310 e. The molecule has 0 atom stereocenters. The summed E-state index contributed by atoms with van der Waals surface area (Å²) in [4.78, 5) is 2.25. The lowest BCUT2D eigenvalue weighted by atomic mass is 10.1. The van der Waals surface area contributed by atoms with Crippen LogP contribution in [0.5, 0.6) is 0 Å². The number of nitrogens with zero attached hydrogens (tertiary/aromatic N) is 1. The standard InChI is InChI=1S/C20H17N/c1-2-17-11-9-10-16-20(17)21(18-12-5-3-6-13-18)19-14-7-4-8-15-19/h2-16H,1H2. The third-order valence-corrected chi connectivity index (χ3v) is 3.43. The molecular weight excluding hydrogens is 254 g/mol. The average molecular weight is 271 g/mol. The van der Waals surface area contributed by atoms with Gasteiger partial charge in [0.2, 0.25) is 0 Å². The fraction of sp³-hybridized carbons (Fsp3) is 0. The molecule has 0 bridgehead atoms. The number of para-hydroxylation sites is 3. The maximum absolute atomic E-state index is 3.93. The molecule has 0 aliphatic carbocycles. The van der Waals surface area contributed by atoms with Crippen LogP contribution in [0, 0.1) is 0 Å². The Morgan fingerprint density at radius 2 is 1.10 bits per heavy atom. The number of hydrogen-bond donors (Lipinski definition) is 0. The van der Waals surface area contributed by atoms with E-state index in [0.29, 0.717) is 0 Å². The van der Waals surface area contributed by atoms with Gasteiger partial charge in [-0.2, -0.15) is 0 Å². The van der Waals surface area contributed by atoms with Crippen molar-refractivity contribution in [1.82, 2.24) is 0 Å². The molecule has 3 aromatic rings. The topological polar surface area (TPSA) is 3.24 Å². The monoisotopic (exact) mass is 271 g/mol. The van der Waals surface area contributed by atoms with Crippen LogP contribution in [0.3, 0.4) is 0 Å². The van der Waals surface area contributed by atoms with Crippen LogP contribution < -0.4 is 4.90 Å². The molecule has 21 heavy (non-hydrogen) atoms. The molecule has 1 heteroatoms. The quantitative estimate of drug-likeness (QED) is 0.579. The Hall–Kier alpha value is -2.80. The van der Waals surface area contributed by atoms with Crippen molar-refractivity contribution in [2.24, 2.45) is 0 Å². The van der Waals surface area contributed by atoms with Crippen LogP contribution in [0.15, 0.2) is 91.5 Å². The predicted molar refractivity (Wildman–Crippen MR) is 91.2 cm³/mol. The molecule has 0 heterocycles. The highest BCUT2D eigenvalue weighted by atomic mass is 15.1. The van der Waals surface area contributed by atoms with Crippen LogP contribution in [0.2, 0.25) is 0 Å². The summed E-state index contributed by atoms with van der Waals surface area (Å²) < 4.78 is 0. The number of hydrogen-bond acceptors (Lipinski definition) is 1. The van der Waals surface area contributed by atoms with Crippen LogP contribution >= 0.6 is 0 Å². The van der Waals surface area contributed by atoms with Crippen LogP contribution in [-0.4, -0.2) is 0 Å². The highest BCUT2D eigenvalue weighted by Gasteiger charge is 2.13. The third kappa shape index (κ3) is 2.72. The van der Waals surface area contributed by atoms with Crippen LogP contribution in [0.25, 0.3) is 6.08 Å². The van der Waals surface area contributed by atoms with Gasteiger partial charge in [0.1, 0.15) is 0 Å². The van der Waals surface area contributed by atoms with Crippen LogP contribution in [0.1, 0.15) is 5.56 Å². The van der Waals surface area contributed by atoms with Gasteiger partial charge in [-0.25, -0.2) is 0 Å². The Morgan fingerprint density at radius 3 is 1.62 bits per heavy atom. The molecule has 0 fully saturated rings. The van der Waals surface area contributed by atoms with Gasteiger partial charge in [0.25, 0.3) is 0 Å². The summed E-state index contributed by atoms with van der Waals surface area (Å²) in [6, 6.07) is 29.1. The van der Waals surface area contributed by atoms with Gasteiger partial charge in [0.15, 0.2) is 0 Å². The minimum Gasteiger partial charge on any atom is -0.310 e. The van der Waals surface area contributed by atoms with Gasteiger partial charge in [-0.05, 0) is 35.9 Å². The molecule has 0 saturated carbocycles. The van der Waals surface area contributed by atoms with Crippen molar-refractivity contribution in [1.29, 1.82) is 0 Å². The van der Waals surface area contributed by atoms with Crippen molar-refractivity contribution in [3.63, 3.8) is 0 Å². The molecule has 0 unspecified atom stereocenters. The van der Waals surface area contributed by atoms with Crippen molar-refractivity contribution in [3.05, 3.63) is 97.1 Å². The lowest BCUT2D eigenvalue weighted by Crippen LogP contribution is -2.10. The molecule has 0 aliphatic heterocycles. The van der Waals surface area contributed by atoms with Gasteiger partial charge in [-0.3, -0.25) is 0 Å². The van der Waals surface area contributed by atoms with Gasteiger partial charge in [0.05, 0.1) is 5.69 Å². The molecule has 0 amide bonds. The molecule has 3 aromatic carbocycles. The first kappa shape index (κ1) is 13.2. The Bertz CT molecular complexity index is 678. The zero-order valence-electron chi connectivity index (χ0n) is 11.8. The second-order valence-corrected chi connectivity index (χ2v) is 4.77. The fourth-order valence-corrected chi connectivity index (χ4v) is 2.45. The molecule has 0 spiro atoms. The van der Waals surface area contributed by atoms with Crippen LogP contribution in [-0.2, 0) is 0 Å². The highest BCUT2D eigenvalue weighted by Crippen LogP contribution is 2.36. The first-order valence-corrected chi connectivity index (χ1v) is 7.02. The Kier molecular flexibility index (Phi) is 3.83. The minimum absolute atomic E-state index is 1.12. The van der Waals surface area contributed by atoms with E-state index in [1.165, 1.54) is 0 Å². The predicted octanol–water partition coefficient (Wildman–Crippen LogP) is 5.80. The van der Waals surface area contributed by atoms with Gasteiger partial charge in [-0.15, -0.1) is 0 Å². The average Bonchev–Trinajstić information content (AvgIpc) is 2.58. The first-order chi connectivity index (χ1) is 10.4. The second kappa shape index (κ2) is 6.10. The summed E-state index contributed by atoms with van der Waals surface area (Å²) in [5.41, 5.74) is 4.52. The summed E-state index contributed by atoms with van der Waals surface area (Å²) in [6.45, 7) is 3.93. The lowest BCUT2D eigenvalue weighted by molar-refractivity contribution is 1.28. The van der Waals surface area contributed by atoms with Crippen molar-refractivity contribution in [2.75, 3.05) is 4.90 Å². The van der Waals surface area contributed by atoms with E-state index in [2.05, 4.69) is 78.2 Å². The molecule has 3 rings (SSSR count). The number of anilines is 3. The van der Waals surface area contributed by atoms with E-state index in [0.717, 1.165) is 22.6 Å². The molecule has 0 N–H and O–H groups in total. The van der Waals surface area contributed by atoms with Crippen molar-refractivity contribution < 1.29 is 0 Å². The van der Waals surface area contributed by atoms with E-state index in [-0.39, 0.29) is 0 Å². The molecule has 102 valence electrons. The summed E-state index contributed by atoms with van der Waals surface area (Å²) >= 11 is 0. The zero-order chi connectivity index (χ0) is 14.5. The van der Waals surface area contributed by atoms with E-state index in [9.17, 15) is 0 Å². The van der Waals surface area contributed by atoms with E-state index < -0.39 is 0 Å². The first-order valence-electron chi connectivity index (χ1n) is 7.02. The van der Waals surface area contributed by atoms with E-state index in [1.54, 1.807) is 0 Å². The summed E-state index contributed by atoms with van der Waals surface area (Å²) in [5.74, 6) is 0. The second-order valence-electron chi connectivity index (χ2n) is 4.77. The Labute approximate surface area is 125 Å². The number of rotatable bonds is 4. The van der Waals surface area contributed by atoms with Crippen LogP contribution in [0.4, 0.5) is 17.1 Å². The van der Waals surface area contributed by atoms with Gasteiger partial charge >= 0.3 is 0 Å². The van der Waals surface area contributed by atoms with Gasteiger partial charge in [0, 0.05) is 11.4 Å². The van der Waals surface area contributed by atoms with Crippen molar-refractivity contribution >= 4 is 23.1 Å². The summed E-state index contributed by atoms with van der Waals surface area (Å²) in [7, 11) is 0. The van der Waals surface area contributed by atoms with Crippen molar-refractivity contribution in [2.45, 2.75) is 0 Å². The summed E-state index contributed by atoms with van der Waals surface area (Å²) in [5, 5.41) is 0. The molecule has 1 nitrogen and oxygen atoms in total. The number of benzene rings is 3. The maximum Gasteiger partial charge on any atom is 0.0533 e. The smallest absolute Gasteiger partial charge is 0.0533 e. The highest BCUT2D eigenvalue weighted by molar-refractivity contribution is 5.81. The van der Waals surface area contributed by atoms with E-state index in [1.807, 2.05) is 24.3 Å². The molecule has 0 aliphatic rings. The minimum atomic E-state index is 1.12. The van der Waals surface area contributed by atoms with E-state index >= 15 is 0 Å². The van der Waals surface area contributed by atoms with Gasteiger partial charge < -0.3 is 4.90 Å². The molecule has 0 saturated heterocycles. The van der Waals surface area contributed by atoms with Gasteiger partial charge in [-0.1, -0.05) is 67.3 Å². The molecular formula is C20H17N. The normalized spacial score (nSPS) is 10.1. The molecule has 0 aromatic heterocycles.